The number of para-hydroxylation sites is 1. The van der Waals surface area contributed by atoms with Crippen LogP contribution in [0.3, 0.4) is 0 Å². The van der Waals surface area contributed by atoms with Crippen molar-refractivity contribution in [3.8, 4) is 11.5 Å². The molecule has 1 saturated heterocycles. The fourth-order valence-electron chi connectivity index (χ4n) is 4.53. The Balaban J connectivity index is 1.27. The second-order valence-electron chi connectivity index (χ2n) is 9.02. The highest BCUT2D eigenvalue weighted by Gasteiger charge is 2.22. The molecule has 3 aromatic rings. The van der Waals surface area contributed by atoms with Gasteiger partial charge in [-0.1, -0.05) is 31.2 Å². The largest absolute Gasteiger partial charge is 0.493 e. The minimum atomic E-state index is -0.594. The zero-order valence-corrected chi connectivity index (χ0v) is 19.6. The van der Waals surface area contributed by atoms with Gasteiger partial charge >= 0.3 is 5.69 Å². The molecule has 2 heterocycles. The van der Waals surface area contributed by atoms with Crippen molar-refractivity contribution in [3.63, 3.8) is 0 Å². The maximum absolute atomic E-state index is 12.4. The van der Waals surface area contributed by atoms with Crippen LogP contribution in [0.2, 0.25) is 0 Å². The van der Waals surface area contributed by atoms with Gasteiger partial charge in [0.1, 0.15) is 29.7 Å². The molecule has 1 aliphatic heterocycles. The van der Waals surface area contributed by atoms with Gasteiger partial charge in [-0.3, -0.25) is 4.57 Å². The van der Waals surface area contributed by atoms with E-state index in [9.17, 15) is 9.90 Å². The number of aliphatic hydroxyl groups excluding tert-OH is 1. The summed E-state index contributed by atoms with van der Waals surface area (Å²) in [6.07, 6.45) is 2.38. The Hall–Kier alpha value is -2.77. The molecule has 33 heavy (non-hydrogen) atoms. The number of aliphatic hydroxyl groups is 1. The molecule has 0 radical (unpaired) electrons. The fourth-order valence-corrected chi connectivity index (χ4v) is 4.53. The SMILES string of the molecule is CCCn1c(=O)[nH]c2c(C)ccc(OCC(O)CN3CCC(COc4ccccc4)CC3)c21. The molecule has 0 saturated carbocycles. The molecule has 0 bridgehead atoms. The van der Waals surface area contributed by atoms with Gasteiger partial charge in [-0.15, -0.1) is 0 Å². The Morgan fingerprint density at radius 3 is 2.61 bits per heavy atom. The molecule has 4 rings (SSSR count). The van der Waals surface area contributed by atoms with Gasteiger partial charge in [0.05, 0.1) is 12.1 Å². The van der Waals surface area contributed by atoms with Crippen LogP contribution in [0.25, 0.3) is 11.0 Å². The molecule has 1 fully saturated rings. The number of aromatic nitrogens is 2. The van der Waals surface area contributed by atoms with E-state index in [4.69, 9.17) is 9.47 Å². The molecular formula is C26H35N3O4. The maximum Gasteiger partial charge on any atom is 0.326 e. The average Bonchev–Trinajstić information content (AvgIpc) is 3.16. The highest BCUT2D eigenvalue weighted by Crippen LogP contribution is 2.27. The Kier molecular flexibility index (Phi) is 7.73. The number of rotatable bonds is 10. The number of likely N-dealkylation sites (tertiary alicyclic amines) is 1. The van der Waals surface area contributed by atoms with Crippen molar-refractivity contribution in [2.24, 2.45) is 5.92 Å². The number of nitrogens with zero attached hydrogens (tertiary/aromatic N) is 2. The predicted octanol–water partition coefficient (Wildman–Crippen LogP) is 3.58. The smallest absolute Gasteiger partial charge is 0.326 e. The summed E-state index contributed by atoms with van der Waals surface area (Å²) in [5.74, 6) is 2.10. The molecular weight excluding hydrogens is 418 g/mol. The van der Waals surface area contributed by atoms with Crippen LogP contribution in [0.15, 0.2) is 47.3 Å². The van der Waals surface area contributed by atoms with Crippen LogP contribution in [-0.2, 0) is 6.54 Å². The number of imidazole rings is 1. The summed E-state index contributed by atoms with van der Waals surface area (Å²) >= 11 is 0. The quantitative estimate of drug-likeness (QED) is 0.491. The first-order valence-corrected chi connectivity index (χ1v) is 12.0. The van der Waals surface area contributed by atoms with Crippen LogP contribution in [0, 0.1) is 12.8 Å². The summed E-state index contributed by atoms with van der Waals surface area (Å²) in [5.41, 5.74) is 2.48. The molecule has 1 aliphatic rings. The molecule has 7 heteroatoms. The normalized spacial score (nSPS) is 16.2. The van der Waals surface area contributed by atoms with Gasteiger partial charge in [-0.2, -0.15) is 0 Å². The van der Waals surface area contributed by atoms with E-state index in [0.717, 1.165) is 61.3 Å². The first kappa shape index (κ1) is 23.4. The highest BCUT2D eigenvalue weighted by molar-refractivity contribution is 5.85. The van der Waals surface area contributed by atoms with Crippen molar-refractivity contribution in [1.29, 1.82) is 0 Å². The highest BCUT2D eigenvalue weighted by atomic mass is 16.5. The average molecular weight is 454 g/mol. The molecule has 1 unspecified atom stereocenters. The summed E-state index contributed by atoms with van der Waals surface area (Å²) in [5, 5.41) is 10.6. The van der Waals surface area contributed by atoms with Gasteiger partial charge in [0.25, 0.3) is 0 Å². The van der Waals surface area contributed by atoms with E-state index in [-0.39, 0.29) is 12.3 Å². The van der Waals surface area contributed by atoms with Crippen molar-refractivity contribution in [1.82, 2.24) is 14.5 Å². The number of fused-ring (bicyclic) bond motifs is 1. The van der Waals surface area contributed by atoms with Gasteiger partial charge in [0.15, 0.2) is 0 Å². The Bertz CT molecular complexity index is 1080. The van der Waals surface area contributed by atoms with Crippen LogP contribution < -0.4 is 15.2 Å². The van der Waals surface area contributed by atoms with Crippen LogP contribution in [0.5, 0.6) is 11.5 Å². The number of β-amino-alcohol motifs (C(OH)–C–C–N with tert-alkyl or cyclic N) is 1. The van der Waals surface area contributed by atoms with Crippen LogP contribution in [0.4, 0.5) is 0 Å². The zero-order chi connectivity index (χ0) is 23.2. The number of piperidine rings is 1. The molecule has 0 spiro atoms. The number of ether oxygens (including phenoxy) is 2. The van der Waals surface area contributed by atoms with Gasteiger partial charge < -0.3 is 24.5 Å². The summed E-state index contributed by atoms with van der Waals surface area (Å²) in [6, 6.07) is 13.8. The number of H-pyrrole nitrogens is 1. The topological polar surface area (TPSA) is 79.7 Å². The lowest BCUT2D eigenvalue weighted by Gasteiger charge is -2.33. The number of benzene rings is 2. The van der Waals surface area contributed by atoms with E-state index >= 15 is 0 Å². The molecule has 2 aromatic carbocycles. The van der Waals surface area contributed by atoms with Crippen molar-refractivity contribution < 1.29 is 14.6 Å². The Morgan fingerprint density at radius 1 is 1.12 bits per heavy atom. The van der Waals surface area contributed by atoms with Crippen LogP contribution >= 0.6 is 0 Å². The van der Waals surface area contributed by atoms with Crippen LogP contribution in [0.1, 0.15) is 31.7 Å². The number of hydrogen-bond acceptors (Lipinski definition) is 5. The van der Waals surface area contributed by atoms with E-state index in [1.807, 2.05) is 56.3 Å². The maximum atomic E-state index is 12.4. The van der Waals surface area contributed by atoms with E-state index in [2.05, 4.69) is 9.88 Å². The monoisotopic (exact) mass is 453 g/mol. The summed E-state index contributed by atoms with van der Waals surface area (Å²) < 4.78 is 13.6. The second kappa shape index (κ2) is 10.9. The third-order valence-corrected chi connectivity index (χ3v) is 6.38. The number of aromatic amines is 1. The third-order valence-electron chi connectivity index (χ3n) is 6.38. The Labute approximate surface area is 194 Å². The fraction of sp³-hybridized carbons (Fsp3) is 0.500. The van der Waals surface area contributed by atoms with Crippen molar-refractivity contribution in [2.45, 2.75) is 45.8 Å². The lowest BCUT2D eigenvalue weighted by atomic mass is 9.97. The minimum absolute atomic E-state index is 0.120. The van der Waals surface area contributed by atoms with E-state index in [0.29, 0.717) is 24.8 Å². The predicted molar refractivity (Wildman–Crippen MR) is 130 cm³/mol. The van der Waals surface area contributed by atoms with Crippen molar-refractivity contribution >= 4 is 11.0 Å². The molecule has 7 nitrogen and oxygen atoms in total. The lowest BCUT2D eigenvalue weighted by molar-refractivity contribution is 0.0506. The minimum Gasteiger partial charge on any atom is -0.493 e. The standard InChI is InChI=1S/C26H35N3O4/c1-3-13-29-25-23(10-9-19(2)24(25)27-26(29)31)33-18-21(30)16-28-14-11-20(12-15-28)17-32-22-7-5-4-6-8-22/h4-10,20-21,30H,3,11-18H2,1-2H3,(H,27,31). The lowest BCUT2D eigenvalue weighted by Crippen LogP contribution is -2.41. The molecule has 0 aliphatic carbocycles. The van der Waals surface area contributed by atoms with E-state index in [1.165, 1.54) is 0 Å². The summed E-state index contributed by atoms with van der Waals surface area (Å²) in [7, 11) is 0. The molecule has 0 amide bonds. The summed E-state index contributed by atoms with van der Waals surface area (Å²) in [4.78, 5) is 17.6. The van der Waals surface area contributed by atoms with E-state index in [1.54, 1.807) is 4.57 Å². The van der Waals surface area contributed by atoms with Crippen molar-refractivity contribution in [3.05, 3.63) is 58.5 Å². The van der Waals surface area contributed by atoms with Gasteiger partial charge in [0, 0.05) is 13.1 Å². The molecule has 178 valence electrons. The van der Waals surface area contributed by atoms with Crippen LogP contribution in [-0.4, -0.2) is 58.5 Å². The van der Waals surface area contributed by atoms with Crippen molar-refractivity contribution in [2.75, 3.05) is 32.8 Å². The number of hydrogen-bond donors (Lipinski definition) is 2. The van der Waals surface area contributed by atoms with Gasteiger partial charge in [-0.05, 0) is 69.0 Å². The molecule has 2 N–H and O–H groups in total. The first-order chi connectivity index (χ1) is 16.0. The number of nitrogens with one attached hydrogen (secondary N) is 1. The van der Waals surface area contributed by atoms with E-state index < -0.39 is 6.10 Å². The van der Waals surface area contributed by atoms with Gasteiger partial charge in [0.2, 0.25) is 0 Å². The number of aryl methyl sites for hydroxylation is 2. The third kappa shape index (κ3) is 5.78. The zero-order valence-electron chi connectivity index (χ0n) is 19.6. The Morgan fingerprint density at radius 2 is 1.88 bits per heavy atom. The molecule has 1 atom stereocenters. The first-order valence-electron chi connectivity index (χ1n) is 12.0. The van der Waals surface area contributed by atoms with Gasteiger partial charge in [-0.25, -0.2) is 4.79 Å². The molecule has 1 aromatic heterocycles. The summed E-state index contributed by atoms with van der Waals surface area (Å²) in [6.45, 7) is 8.05. The second-order valence-corrected chi connectivity index (χ2v) is 9.02.